The number of pyridine rings is 1. The van der Waals surface area contributed by atoms with Crippen molar-refractivity contribution in [2.45, 2.75) is 38.6 Å². The molecule has 0 unspecified atom stereocenters. The Labute approximate surface area is 196 Å². The maximum atomic E-state index is 12.6. The third-order valence-corrected chi connectivity index (χ3v) is 7.01. The van der Waals surface area contributed by atoms with Crippen LogP contribution in [0.15, 0.2) is 42.6 Å². The number of amides is 1. The molecule has 0 aliphatic carbocycles. The van der Waals surface area contributed by atoms with E-state index in [-0.39, 0.29) is 11.8 Å². The topological polar surface area (TPSA) is 92.5 Å². The monoisotopic (exact) mass is 447 g/mol. The van der Waals surface area contributed by atoms with Crippen molar-refractivity contribution in [3.8, 4) is 11.8 Å². The van der Waals surface area contributed by atoms with Crippen LogP contribution in [0.3, 0.4) is 0 Å². The number of aromatic hydroxyl groups is 1. The fourth-order valence-electron chi connectivity index (χ4n) is 4.87. The molecule has 3 heterocycles. The average Bonchev–Trinajstić information content (AvgIpc) is 2.86. The van der Waals surface area contributed by atoms with E-state index in [2.05, 4.69) is 26.2 Å². The molecule has 33 heavy (non-hydrogen) atoms. The van der Waals surface area contributed by atoms with Crippen LogP contribution in [-0.2, 0) is 11.3 Å². The molecule has 1 aromatic heterocycles. The van der Waals surface area contributed by atoms with Crippen LogP contribution in [0.1, 0.15) is 43.2 Å². The molecule has 0 radical (unpaired) electrons. The van der Waals surface area contributed by atoms with Crippen molar-refractivity contribution < 1.29 is 9.90 Å². The number of carbonyl (C=O) groups excluding carboxylic acids is 1. The fourth-order valence-corrected chi connectivity index (χ4v) is 4.87. The molecule has 4 rings (SSSR count). The third kappa shape index (κ3) is 6.23. The van der Waals surface area contributed by atoms with E-state index in [1.165, 1.54) is 0 Å². The number of nitrogens with one attached hydrogen (secondary N) is 1. The highest BCUT2D eigenvalue weighted by Gasteiger charge is 2.26. The van der Waals surface area contributed by atoms with E-state index in [0.717, 1.165) is 82.8 Å². The van der Waals surface area contributed by atoms with Crippen molar-refractivity contribution in [2.24, 2.45) is 11.8 Å². The highest BCUT2D eigenvalue weighted by atomic mass is 16.3. The molecule has 0 atom stereocenters. The molecule has 2 aromatic rings. The molecule has 1 amide bonds. The Balaban J connectivity index is 1.12. The van der Waals surface area contributed by atoms with Gasteiger partial charge in [0.15, 0.2) is 0 Å². The molecule has 174 valence electrons. The second-order valence-electron chi connectivity index (χ2n) is 9.21. The minimum Gasteiger partial charge on any atom is -0.508 e. The van der Waals surface area contributed by atoms with E-state index in [0.29, 0.717) is 17.2 Å². The molecular weight excluding hydrogens is 414 g/mol. The third-order valence-electron chi connectivity index (χ3n) is 7.01. The number of hydrogen-bond donors (Lipinski definition) is 2. The number of phenols is 1. The number of rotatable bonds is 7. The van der Waals surface area contributed by atoms with E-state index in [4.69, 9.17) is 5.26 Å². The summed E-state index contributed by atoms with van der Waals surface area (Å²) in [4.78, 5) is 21.6. The minimum atomic E-state index is 0.0695. The first-order valence-corrected chi connectivity index (χ1v) is 12.0. The molecule has 7 nitrogen and oxygen atoms in total. The SMILES string of the molecule is N#Cc1ccc(N2CCC(C(=O)NCCC3CCN(Cc4ccccc4O)CC3)CC2)nc1. The molecule has 2 fully saturated rings. The van der Waals surface area contributed by atoms with Gasteiger partial charge in [-0.1, -0.05) is 18.2 Å². The summed E-state index contributed by atoms with van der Waals surface area (Å²) in [6, 6.07) is 13.3. The lowest BCUT2D eigenvalue weighted by Gasteiger charge is -2.33. The van der Waals surface area contributed by atoms with Gasteiger partial charge >= 0.3 is 0 Å². The van der Waals surface area contributed by atoms with Crippen LogP contribution in [0.5, 0.6) is 5.75 Å². The molecule has 2 saturated heterocycles. The molecule has 2 aliphatic rings. The van der Waals surface area contributed by atoms with Gasteiger partial charge in [0.1, 0.15) is 17.6 Å². The Morgan fingerprint density at radius 3 is 2.52 bits per heavy atom. The van der Waals surface area contributed by atoms with Gasteiger partial charge in [-0.25, -0.2) is 4.98 Å². The van der Waals surface area contributed by atoms with Crippen molar-refractivity contribution in [1.82, 2.24) is 15.2 Å². The van der Waals surface area contributed by atoms with Crippen molar-refractivity contribution >= 4 is 11.7 Å². The zero-order chi connectivity index (χ0) is 23.0. The number of aromatic nitrogens is 1. The number of nitriles is 1. The van der Waals surface area contributed by atoms with Gasteiger partial charge in [-0.2, -0.15) is 5.26 Å². The first-order valence-electron chi connectivity index (χ1n) is 12.0. The highest BCUT2D eigenvalue weighted by molar-refractivity contribution is 5.78. The van der Waals surface area contributed by atoms with Crippen LogP contribution in [0.25, 0.3) is 0 Å². The maximum absolute atomic E-state index is 12.6. The summed E-state index contributed by atoms with van der Waals surface area (Å²) in [5.41, 5.74) is 1.55. The fraction of sp³-hybridized carbons (Fsp3) is 0.500. The summed E-state index contributed by atoms with van der Waals surface area (Å²) in [6.07, 6.45) is 6.57. The van der Waals surface area contributed by atoms with Gasteiger partial charge in [-0.3, -0.25) is 9.69 Å². The van der Waals surface area contributed by atoms with E-state index in [1.54, 1.807) is 18.3 Å². The molecule has 0 saturated carbocycles. The van der Waals surface area contributed by atoms with Crippen molar-refractivity contribution in [3.05, 3.63) is 53.7 Å². The summed E-state index contributed by atoms with van der Waals surface area (Å²) < 4.78 is 0. The van der Waals surface area contributed by atoms with Crippen molar-refractivity contribution in [3.63, 3.8) is 0 Å². The van der Waals surface area contributed by atoms with Crippen LogP contribution in [0.2, 0.25) is 0 Å². The van der Waals surface area contributed by atoms with Gasteiger partial charge in [0, 0.05) is 43.9 Å². The number of piperidine rings is 2. The van der Waals surface area contributed by atoms with Crippen LogP contribution in [0.4, 0.5) is 5.82 Å². The largest absolute Gasteiger partial charge is 0.508 e. The van der Waals surface area contributed by atoms with Crippen molar-refractivity contribution in [1.29, 1.82) is 5.26 Å². The van der Waals surface area contributed by atoms with E-state index in [1.807, 2.05) is 24.3 Å². The summed E-state index contributed by atoms with van der Waals surface area (Å²) in [5.74, 6) is 2.15. The predicted octanol–water partition coefficient (Wildman–Crippen LogP) is 3.29. The van der Waals surface area contributed by atoms with Gasteiger partial charge in [-0.05, 0) is 69.3 Å². The summed E-state index contributed by atoms with van der Waals surface area (Å²) in [5, 5.41) is 22.1. The first-order chi connectivity index (χ1) is 16.1. The summed E-state index contributed by atoms with van der Waals surface area (Å²) >= 11 is 0. The van der Waals surface area contributed by atoms with Gasteiger partial charge < -0.3 is 15.3 Å². The maximum Gasteiger partial charge on any atom is 0.223 e. The van der Waals surface area contributed by atoms with Crippen LogP contribution >= 0.6 is 0 Å². The Morgan fingerprint density at radius 2 is 1.85 bits per heavy atom. The summed E-state index contributed by atoms with van der Waals surface area (Å²) in [6.45, 7) is 5.25. The molecule has 2 N–H and O–H groups in total. The lowest BCUT2D eigenvalue weighted by Crippen LogP contribution is -2.41. The van der Waals surface area contributed by atoms with E-state index in [9.17, 15) is 9.90 Å². The van der Waals surface area contributed by atoms with E-state index < -0.39 is 0 Å². The number of benzene rings is 1. The Hall–Kier alpha value is -3.11. The molecule has 0 bridgehead atoms. The van der Waals surface area contributed by atoms with Crippen LogP contribution in [0, 0.1) is 23.2 Å². The Kier molecular flexibility index (Phi) is 7.79. The lowest BCUT2D eigenvalue weighted by molar-refractivity contribution is -0.125. The molecule has 2 aliphatic heterocycles. The number of para-hydroxylation sites is 1. The quantitative estimate of drug-likeness (QED) is 0.677. The normalized spacial score (nSPS) is 18.1. The number of carbonyl (C=O) groups is 1. The lowest BCUT2D eigenvalue weighted by atomic mass is 9.92. The van der Waals surface area contributed by atoms with Crippen molar-refractivity contribution in [2.75, 3.05) is 37.6 Å². The van der Waals surface area contributed by atoms with Crippen LogP contribution < -0.4 is 10.2 Å². The highest BCUT2D eigenvalue weighted by Crippen LogP contribution is 2.25. The van der Waals surface area contributed by atoms with Gasteiger partial charge in [0.05, 0.1) is 5.56 Å². The molecular formula is C26H33N5O2. The van der Waals surface area contributed by atoms with Crippen LogP contribution in [-0.4, -0.2) is 53.6 Å². The number of anilines is 1. The number of hydrogen-bond acceptors (Lipinski definition) is 6. The van der Waals surface area contributed by atoms with E-state index >= 15 is 0 Å². The summed E-state index contributed by atoms with van der Waals surface area (Å²) in [7, 11) is 0. The smallest absolute Gasteiger partial charge is 0.223 e. The number of phenolic OH excluding ortho intramolecular Hbond substituents is 1. The molecule has 1 aromatic carbocycles. The van der Waals surface area contributed by atoms with Gasteiger partial charge in [0.2, 0.25) is 5.91 Å². The second-order valence-corrected chi connectivity index (χ2v) is 9.21. The Bertz CT molecular complexity index is 955. The molecule has 7 heteroatoms. The Morgan fingerprint density at radius 1 is 1.09 bits per heavy atom. The van der Waals surface area contributed by atoms with Gasteiger partial charge in [-0.15, -0.1) is 0 Å². The number of nitrogens with zero attached hydrogens (tertiary/aromatic N) is 4. The second kappa shape index (κ2) is 11.2. The standard InChI is InChI=1S/C26H33N5O2/c27-17-21-5-6-25(29-18-21)31-15-10-22(11-16-31)26(33)28-12-7-20-8-13-30(14-9-20)19-23-3-1-2-4-24(23)32/h1-6,18,20,22,32H,7-16,19H2,(H,28,33). The minimum absolute atomic E-state index is 0.0695. The zero-order valence-electron chi connectivity index (χ0n) is 19.1. The number of likely N-dealkylation sites (tertiary alicyclic amines) is 1. The molecule has 0 spiro atoms. The first kappa shape index (κ1) is 23.1. The predicted molar refractivity (Wildman–Crippen MR) is 128 cm³/mol. The van der Waals surface area contributed by atoms with Gasteiger partial charge in [0.25, 0.3) is 0 Å². The zero-order valence-corrected chi connectivity index (χ0v) is 19.1. The average molecular weight is 448 g/mol.